The fourth-order valence-electron chi connectivity index (χ4n) is 2.57. The molecule has 0 bridgehead atoms. The van der Waals surface area contributed by atoms with E-state index in [0.717, 1.165) is 12.0 Å². The van der Waals surface area contributed by atoms with Gasteiger partial charge in [0.2, 0.25) is 5.91 Å². The number of hydrogen-bond donors (Lipinski definition) is 3. The number of halogens is 1. The number of thiocarbonyl (C=S) groups is 1. The zero-order valence-corrected chi connectivity index (χ0v) is 14.7. The fraction of sp³-hybridized carbons (Fsp3) is 0.167. The van der Waals surface area contributed by atoms with Crippen LogP contribution in [0.2, 0.25) is 5.02 Å². The summed E-state index contributed by atoms with van der Waals surface area (Å²) < 4.78 is 0. The zero-order valence-electron chi connectivity index (χ0n) is 13.2. The van der Waals surface area contributed by atoms with Gasteiger partial charge in [-0.1, -0.05) is 41.9 Å². The van der Waals surface area contributed by atoms with E-state index >= 15 is 0 Å². The molecule has 1 aliphatic rings. The van der Waals surface area contributed by atoms with Gasteiger partial charge in [0.15, 0.2) is 5.11 Å². The Hall–Kier alpha value is -2.44. The van der Waals surface area contributed by atoms with Crippen LogP contribution in [0.25, 0.3) is 0 Å². The molecule has 3 N–H and O–H groups in total. The first-order valence-electron chi connectivity index (χ1n) is 7.76. The molecule has 2 aromatic rings. The molecule has 2 amide bonds. The highest BCUT2D eigenvalue weighted by Gasteiger charge is 2.43. The predicted octanol–water partition coefficient (Wildman–Crippen LogP) is 2.78. The van der Waals surface area contributed by atoms with Crippen molar-refractivity contribution in [2.75, 3.05) is 0 Å². The molecular weight excluding hydrogens is 358 g/mol. The molecule has 128 valence electrons. The maximum atomic E-state index is 12.1. The van der Waals surface area contributed by atoms with Crippen LogP contribution in [-0.2, 0) is 4.79 Å². The van der Waals surface area contributed by atoms with E-state index in [-0.39, 0.29) is 28.8 Å². The Morgan fingerprint density at radius 1 is 1.00 bits per heavy atom. The van der Waals surface area contributed by atoms with Crippen LogP contribution in [-0.4, -0.2) is 16.9 Å². The number of hydrazine groups is 1. The lowest BCUT2D eigenvalue weighted by atomic mass is 10.1. The Labute approximate surface area is 155 Å². The molecular formula is C18H16ClN3O2S. The minimum atomic E-state index is -0.378. The van der Waals surface area contributed by atoms with Crippen LogP contribution in [0, 0.1) is 5.92 Å². The van der Waals surface area contributed by atoms with E-state index in [1.54, 1.807) is 24.3 Å². The smallest absolute Gasteiger partial charge is 0.257 e. The Kier molecular flexibility index (Phi) is 5.31. The number of benzene rings is 2. The molecule has 0 saturated heterocycles. The lowest BCUT2D eigenvalue weighted by Gasteiger charge is -2.11. The Morgan fingerprint density at radius 2 is 1.68 bits per heavy atom. The van der Waals surface area contributed by atoms with Crippen LogP contribution in [0.5, 0.6) is 0 Å². The van der Waals surface area contributed by atoms with Crippen molar-refractivity contribution in [3.05, 3.63) is 70.7 Å². The van der Waals surface area contributed by atoms with Gasteiger partial charge in [0, 0.05) is 16.5 Å². The lowest BCUT2D eigenvalue weighted by Crippen LogP contribution is -2.49. The second-order valence-electron chi connectivity index (χ2n) is 5.76. The molecule has 0 unspecified atom stereocenters. The quantitative estimate of drug-likeness (QED) is 0.571. The Balaban J connectivity index is 1.44. The van der Waals surface area contributed by atoms with Gasteiger partial charge in [-0.3, -0.25) is 25.8 Å². The molecule has 7 heteroatoms. The Morgan fingerprint density at radius 3 is 2.36 bits per heavy atom. The monoisotopic (exact) mass is 373 g/mol. The molecule has 0 spiro atoms. The third-order valence-corrected chi connectivity index (χ3v) is 4.44. The number of carbonyl (C=O) groups is 2. The SMILES string of the molecule is O=C(NC(=S)NNC(=O)[C@H]1C[C@@H]1c1ccccc1)c1ccc(Cl)cc1. The number of amides is 2. The topological polar surface area (TPSA) is 70.2 Å². The first kappa shape index (κ1) is 17.4. The molecule has 0 radical (unpaired) electrons. The summed E-state index contributed by atoms with van der Waals surface area (Å²) in [6.45, 7) is 0. The molecule has 5 nitrogen and oxygen atoms in total. The first-order valence-corrected chi connectivity index (χ1v) is 8.55. The summed E-state index contributed by atoms with van der Waals surface area (Å²) in [6.07, 6.45) is 0.807. The summed E-state index contributed by atoms with van der Waals surface area (Å²) in [6, 6.07) is 16.3. The third-order valence-electron chi connectivity index (χ3n) is 3.99. The van der Waals surface area contributed by atoms with Crippen LogP contribution in [0.15, 0.2) is 54.6 Å². The van der Waals surface area contributed by atoms with Crippen LogP contribution in [0.1, 0.15) is 28.3 Å². The van der Waals surface area contributed by atoms with Crippen molar-refractivity contribution < 1.29 is 9.59 Å². The second-order valence-corrected chi connectivity index (χ2v) is 6.61. The molecule has 0 heterocycles. The molecule has 25 heavy (non-hydrogen) atoms. The molecule has 2 aromatic carbocycles. The van der Waals surface area contributed by atoms with Crippen LogP contribution in [0.4, 0.5) is 0 Å². The second kappa shape index (κ2) is 7.63. The maximum Gasteiger partial charge on any atom is 0.257 e. The highest BCUT2D eigenvalue weighted by molar-refractivity contribution is 7.80. The average Bonchev–Trinajstić information content (AvgIpc) is 3.42. The van der Waals surface area contributed by atoms with Crippen molar-refractivity contribution >= 4 is 40.7 Å². The van der Waals surface area contributed by atoms with Crippen LogP contribution >= 0.6 is 23.8 Å². The average molecular weight is 374 g/mol. The van der Waals surface area contributed by atoms with Crippen molar-refractivity contribution in [3.8, 4) is 0 Å². The van der Waals surface area contributed by atoms with E-state index in [0.29, 0.717) is 10.6 Å². The highest BCUT2D eigenvalue weighted by Crippen LogP contribution is 2.47. The van der Waals surface area contributed by atoms with Gasteiger partial charge < -0.3 is 0 Å². The van der Waals surface area contributed by atoms with E-state index in [2.05, 4.69) is 16.2 Å². The van der Waals surface area contributed by atoms with Gasteiger partial charge in [-0.05, 0) is 54.4 Å². The van der Waals surface area contributed by atoms with E-state index in [1.807, 2.05) is 30.3 Å². The fourth-order valence-corrected chi connectivity index (χ4v) is 2.84. The minimum Gasteiger partial charge on any atom is -0.298 e. The summed E-state index contributed by atoms with van der Waals surface area (Å²) in [7, 11) is 0. The maximum absolute atomic E-state index is 12.1. The summed E-state index contributed by atoms with van der Waals surface area (Å²) in [5.41, 5.74) is 6.68. The summed E-state index contributed by atoms with van der Waals surface area (Å²) >= 11 is 10.8. The molecule has 0 aromatic heterocycles. The van der Waals surface area contributed by atoms with Gasteiger partial charge >= 0.3 is 0 Å². The number of nitrogens with one attached hydrogen (secondary N) is 3. The molecule has 1 aliphatic carbocycles. The van der Waals surface area contributed by atoms with Gasteiger partial charge in [0.25, 0.3) is 5.91 Å². The summed E-state index contributed by atoms with van der Waals surface area (Å²) in [5.74, 6) is -0.362. The first-order chi connectivity index (χ1) is 12.0. The van der Waals surface area contributed by atoms with Crippen molar-refractivity contribution in [1.82, 2.24) is 16.2 Å². The van der Waals surface area contributed by atoms with Crippen molar-refractivity contribution in [2.24, 2.45) is 5.92 Å². The van der Waals surface area contributed by atoms with E-state index in [1.165, 1.54) is 0 Å². The van der Waals surface area contributed by atoms with E-state index in [4.69, 9.17) is 23.8 Å². The number of carbonyl (C=O) groups excluding carboxylic acids is 2. The van der Waals surface area contributed by atoms with Gasteiger partial charge in [0.1, 0.15) is 0 Å². The molecule has 3 rings (SSSR count). The highest BCUT2D eigenvalue weighted by atomic mass is 35.5. The largest absolute Gasteiger partial charge is 0.298 e. The summed E-state index contributed by atoms with van der Waals surface area (Å²) in [5, 5.41) is 3.07. The predicted molar refractivity (Wildman–Crippen MR) is 100 cm³/mol. The van der Waals surface area contributed by atoms with Crippen molar-refractivity contribution in [3.63, 3.8) is 0 Å². The third kappa shape index (κ3) is 4.55. The summed E-state index contributed by atoms with van der Waals surface area (Å²) in [4.78, 5) is 24.1. The van der Waals surface area contributed by atoms with Crippen molar-refractivity contribution in [2.45, 2.75) is 12.3 Å². The molecule has 1 saturated carbocycles. The van der Waals surface area contributed by atoms with Gasteiger partial charge in [0.05, 0.1) is 0 Å². The Bertz CT molecular complexity index is 796. The number of hydrogen-bond acceptors (Lipinski definition) is 3. The zero-order chi connectivity index (χ0) is 17.8. The van der Waals surface area contributed by atoms with Gasteiger partial charge in [-0.15, -0.1) is 0 Å². The van der Waals surface area contributed by atoms with Gasteiger partial charge in [-0.2, -0.15) is 0 Å². The number of rotatable bonds is 3. The molecule has 0 aliphatic heterocycles. The van der Waals surface area contributed by atoms with E-state index in [9.17, 15) is 9.59 Å². The molecule has 1 fully saturated rings. The van der Waals surface area contributed by atoms with Crippen LogP contribution < -0.4 is 16.2 Å². The van der Waals surface area contributed by atoms with E-state index < -0.39 is 0 Å². The van der Waals surface area contributed by atoms with Crippen molar-refractivity contribution in [1.29, 1.82) is 0 Å². The minimum absolute atomic E-state index is 0.0326. The van der Waals surface area contributed by atoms with Gasteiger partial charge in [-0.25, -0.2) is 0 Å². The van der Waals surface area contributed by atoms with Crippen LogP contribution in [0.3, 0.4) is 0 Å². The lowest BCUT2D eigenvalue weighted by molar-refractivity contribution is -0.123. The normalized spacial score (nSPS) is 18.1. The molecule has 2 atom stereocenters. The standard InChI is InChI=1S/C18H16ClN3O2S/c19-13-8-6-12(7-9-13)16(23)20-18(25)22-21-17(24)15-10-14(15)11-4-2-1-3-5-11/h1-9,14-15H,10H2,(H,21,24)(H2,20,22,23,25)/t14-,15+/m1/s1.